The first kappa shape index (κ1) is 12.1. The van der Waals surface area contributed by atoms with Crippen molar-refractivity contribution in [1.82, 2.24) is 5.32 Å². The molecule has 1 atom stereocenters. The van der Waals surface area contributed by atoms with Gasteiger partial charge in [-0.1, -0.05) is 0 Å². The van der Waals surface area contributed by atoms with E-state index >= 15 is 0 Å². The summed E-state index contributed by atoms with van der Waals surface area (Å²) < 4.78 is 11.0. The van der Waals surface area contributed by atoms with E-state index in [9.17, 15) is 13.8 Å². The minimum Gasteiger partial charge on any atom is -0.481 e. The van der Waals surface area contributed by atoms with Crippen molar-refractivity contribution < 1.29 is 18.9 Å². The third-order valence-electron chi connectivity index (χ3n) is 1.21. The molecule has 0 radical (unpaired) electrons. The van der Waals surface area contributed by atoms with E-state index < -0.39 is 16.8 Å². The van der Waals surface area contributed by atoms with Crippen molar-refractivity contribution in [2.75, 3.05) is 18.1 Å². The first-order valence-corrected chi connectivity index (χ1v) is 5.38. The Bertz CT molecular complexity index is 217. The number of rotatable bonds is 6. The van der Waals surface area contributed by atoms with Crippen LogP contribution in [0.3, 0.4) is 0 Å². The number of aliphatic carboxylic acids is 1. The smallest absolute Gasteiger partial charge is 0.304 e. The largest absolute Gasteiger partial charge is 0.481 e. The maximum Gasteiger partial charge on any atom is 0.304 e. The van der Waals surface area contributed by atoms with Gasteiger partial charge in [0, 0.05) is 23.1 Å². The molecule has 0 heterocycles. The van der Waals surface area contributed by atoms with Gasteiger partial charge in [-0.2, -0.15) is 0 Å². The predicted octanol–water partition coefficient (Wildman–Crippen LogP) is -0.654. The average Bonchev–Trinajstić information content (AvgIpc) is 2.01. The molecule has 13 heavy (non-hydrogen) atoms. The molecule has 1 amide bonds. The second-order valence-electron chi connectivity index (χ2n) is 2.39. The molecule has 0 aromatic rings. The Hall–Kier alpha value is -0.910. The van der Waals surface area contributed by atoms with Crippen molar-refractivity contribution in [3.8, 4) is 0 Å². The molecule has 0 saturated heterocycles. The molecule has 6 heteroatoms. The highest BCUT2D eigenvalue weighted by Gasteiger charge is 2.08. The normalized spacial score (nSPS) is 12.1. The molecule has 0 aliphatic carbocycles. The molecular formula is C7H13NO4S. The Balaban J connectivity index is 3.62. The molecule has 0 aromatic heterocycles. The van der Waals surface area contributed by atoms with Crippen LogP contribution in [0.5, 0.6) is 0 Å². The fourth-order valence-electron chi connectivity index (χ4n) is 0.668. The average molecular weight is 207 g/mol. The highest BCUT2D eigenvalue weighted by Crippen LogP contribution is 1.88. The summed E-state index contributed by atoms with van der Waals surface area (Å²) in [6, 6.07) is 0. The maximum atomic E-state index is 11.0. The lowest BCUT2D eigenvalue weighted by Gasteiger charge is -2.00. The quantitative estimate of drug-likeness (QED) is 0.606. The van der Waals surface area contributed by atoms with E-state index in [2.05, 4.69) is 5.32 Å². The fraction of sp³-hybridized carbons (Fsp3) is 0.714. The van der Waals surface area contributed by atoms with Crippen LogP contribution in [0.15, 0.2) is 0 Å². The lowest BCUT2D eigenvalue weighted by Crippen LogP contribution is -2.28. The number of carboxylic acids is 1. The number of carboxylic acid groups (broad SMARTS) is 1. The number of hydrogen-bond donors (Lipinski definition) is 2. The van der Waals surface area contributed by atoms with Gasteiger partial charge in [-0.3, -0.25) is 13.8 Å². The zero-order chi connectivity index (χ0) is 10.3. The summed E-state index contributed by atoms with van der Waals surface area (Å²) in [5.74, 6) is -1.37. The number of carbonyl (C=O) groups is 2. The number of hydrogen-bond acceptors (Lipinski definition) is 3. The van der Waals surface area contributed by atoms with Gasteiger partial charge in [-0.25, -0.2) is 0 Å². The van der Waals surface area contributed by atoms with Crippen molar-refractivity contribution in [1.29, 1.82) is 0 Å². The van der Waals surface area contributed by atoms with Crippen molar-refractivity contribution in [3.05, 3.63) is 0 Å². The molecule has 0 saturated carbocycles. The third-order valence-corrected chi connectivity index (χ3v) is 2.45. The molecule has 0 aromatic carbocycles. The third kappa shape index (κ3) is 7.45. The SMILES string of the molecule is CCNC(=O)CS(=O)CCC(=O)O. The molecule has 1 unspecified atom stereocenters. The number of carbonyl (C=O) groups excluding carboxylic acids is 1. The van der Waals surface area contributed by atoms with Crippen molar-refractivity contribution in [2.45, 2.75) is 13.3 Å². The van der Waals surface area contributed by atoms with E-state index in [0.717, 1.165) is 0 Å². The molecular weight excluding hydrogens is 194 g/mol. The van der Waals surface area contributed by atoms with Gasteiger partial charge in [-0.05, 0) is 6.92 Å². The fourth-order valence-corrected chi connectivity index (χ4v) is 1.61. The van der Waals surface area contributed by atoms with Crippen LogP contribution in [-0.2, 0) is 20.4 Å². The van der Waals surface area contributed by atoms with Crippen LogP contribution in [0.2, 0.25) is 0 Å². The van der Waals surface area contributed by atoms with E-state index in [1.807, 2.05) is 0 Å². The van der Waals surface area contributed by atoms with Crippen LogP contribution >= 0.6 is 0 Å². The summed E-state index contributed by atoms with van der Waals surface area (Å²) in [6.45, 7) is 2.26. The molecule has 76 valence electrons. The second-order valence-corrected chi connectivity index (χ2v) is 3.96. The van der Waals surface area contributed by atoms with Gasteiger partial charge in [0.05, 0.1) is 6.42 Å². The Morgan fingerprint density at radius 1 is 1.46 bits per heavy atom. The second kappa shape index (κ2) is 6.59. The topological polar surface area (TPSA) is 83.5 Å². The van der Waals surface area contributed by atoms with Gasteiger partial charge in [0.2, 0.25) is 5.91 Å². The van der Waals surface area contributed by atoms with Crippen LogP contribution in [0, 0.1) is 0 Å². The van der Waals surface area contributed by atoms with Crippen molar-refractivity contribution in [3.63, 3.8) is 0 Å². The summed E-state index contributed by atoms with van der Waals surface area (Å²) in [6.07, 6.45) is -0.161. The van der Waals surface area contributed by atoms with Crippen LogP contribution < -0.4 is 5.32 Å². The minimum atomic E-state index is -1.37. The van der Waals surface area contributed by atoms with Gasteiger partial charge in [0.15, 0.2) is 0 Å². The highest BCUT2D eigenvalue weighted by molar-refractivity contribution is 7.85. The van der Waals surface area contributed by atoms with Gasteiger partial charge in [0.1, 0.15) is 5.75 Å². The summed E-state index contributed by atoms with van der Waals surface area (Å²) in [5, 5.41) is 10.7. The van der Waals surface area contributed by atoms with E-state index in [4.69, 9.17) is 5.11 Å². The highest BCUT2D eigenvalue weighted by atomic mass is 32.2. The maximum absolute atomic E-state index is 11.0. The molecule has 0 bridgehead atoms. The van der Waals surface area contributed by atoms with E-state index in [1.165, 1.54) is 0 Å². The van der Waals surface area contributed by atoms with Gasteiger partial charge < -0.3 is 10.4 Å². The summed E-state index contributed by atoms with van der Waals surface area (Å²) in [7, 11) is -1.37. The summed E-state index contributed by atoms with van der Waals surface area (Å²) in [5.41, 5.74) is 0. The molecule has 0 aliphatic rings. The zero-order valence-corrected chi connectivity index (χ0v) is 8.23. The first-order valence-electron chi connectivity index (χ1n) is 3.89. The lowest BCUT2D eigenvalue weighted by atomic mass is 10.5. The van der Waals surface area contributed by atoms with Crippen molar-refractivity contribution >= 4 is 22.7 Å². The van der Waals surface area contributed by atoms with E-state index in [0.29, 0.717) is 6.54 Å². The van der Waals surface area contributed by atoms with Gasteiger partial charge >= 0.3 is 5.97 Å². The van der Waals surface area contributed by atoms with Crippen LogP contribution in [0.1, 0.15) is 13.3 Å². The predicted molar refractivity (Wildman–Crippen MR) is 48.8 cm³/mol. The Labute approximate surface area is 79.0 Å². The molecule has 0 aliphatic heterocycles. The lowest BCUT2D eigenvalue weighted by molar-refractivity contribution is -0.136. The molecule has 0 spiro atoms. The van der Waals surface area contributed by atoms with E-state index in [-0.39, 0.29) is 23.8 Å². The first-order chi connectivity index (χ1) is 6.06. The van der Waals surface area contributed by atoms with Gasteiger partial charge in [0.25, 0.3) is 0 Å². The minimum absolute atomic E-state index is 0.0342. The monoisotopic (exact) mass is 207 g/mol. The van der Waals surface area contributed by atoms with Crippen LogP contribution in [0.25, 0.3) is 0 Å². The summed E-state index contributed by atoms with van der Waals surface area (Å²) >= 11 is 0. The van der Waals surface area contributed by atoms with Crippen LogP contribution in [-0.4, -0.2) is 39.2 Å². The molecule has 0 fully saturated rings. The number of amides is 1. The Kier molecular flexibility index (Phi) is 6.13. The standard InChI is InChI=1S/C7H13NO4S/c1-2-8-6(9)5-13(12)4-3-7(10)11/h2-5H2,1H3,(H,8,9)(H,10,11). The Morgan fingerprint density at radius 3 is 2.54 bits per heavy atom. The molecule has 0 rings (SSSR count). The molecule has 5 nitrogen and oxygen atoms in total. The summed E-state index contributed by atoms with van der Waals surface area (Å²) in [4.78, 5) is 20.9. The van der Waals surface area contributed by atoms with Gasteiger partial charge in [-0.15, -0.1) is 0 Å². The van der Waals surface area contributed by atoms with Crippen LogP contribution in [0.4, 0.5) is 0 Å². The molecule has 2 N–H and O–H groups in total. The Morgan fingerprint density at radius 2 is 2.08 bits per heavy atom. The van der Waals surface area contributed by atoms with Crippen molar-refractivity contribution in [2.24, 2.45) is 0 Å². The number of nitrogens with one attached hydrogen (secondary N) is 1. The van der Waals surface area contributed by atoms with E-state index in [1.54, 1.807) is 6.92 Å². The zero-order valence-electron chi connectivity index (χ0n) is 7.41.